The minimum absolute atomic E-state index is 0.00753. The van der Waals surface area contributed by atoms with E-state index in [1.54, 1.807) is 18.3 Å². The maximum Gasteiger partial charge on any atom is 0.238 e. The number of anilines is 3. The minimum atomic E-state index is -3.73. The van der Waals surface area contributed by atoms with Gasteiger partial charge in [-0.1, -0.05) is 13.8 Å². The second kappa shape index (κ2) is 8.76. The van der Waals surface area contributed by atoms with Crippen LogP contribution in [0.2, 0.25) is 0 Å². The molecule has 0 aliphatic heterocycles. The highest BCUT2D eigenvalue weighted by Crippen LogP contribution is 2.24. The van der Waals surface area contributed by atoms with Crippen LogP contribution in [0.4, 0.5) is 17.5 Å². The summed E-state index contributed by atoms with van der Waals surface area (Å²) in [6, 6.07) is 5.84. The molecule has 2 rings (SSSR count). The molecule has 0 aliphatic rings. The smallest absolute Gasteiger partial charge is 0.238 e. The van der Waals surface area contributed by atoms with E-state index in [0.717, 1.165) is 6.42 Å². The maximum atomic E-state index is 11.3. The fraction of sp³-hybridized carbons (Fsp3) is 0.375. The van der Waals surface area contributed by atoms with Gasteiger partial charge in [-0.3, -0.25) is 0 Å². The van der Waals surface area contributed by atoms with Gasteiger partial charge in [-0.15, -0.1) is 0 Å². The van der Waals surface area contributed by atoms with Crippen molar-refractivity contribution in [1.82, 2.24) is 9.97 Å². The summed E-state index contributed by atoms with van der Waals surface area (Å²) in [5.74, 6) is 1.32. The monoisotopic (exact) mass is 443 g/mol. The van der Waals surface area contributed by atoms with Gasteiger partial charge >= 0.3 is 0 Å². The number of nitrogens with one attached hydrogen (secondary N) is 2. The first-order valence-corrected chi connectivity index (χ1v) is 10.3. The van der Waals surface area contributed by atoms with Gasteiger partial charge in [-0.05, 0) is 52.5 Å². The normalized spacial score (nSPS) is 12.8. The van der Waals surface area contributed by atoms with Crippen LogP contribution in [0.15, 0.2) is 39.8 Å². The lowest BCUT2D eigenvalue weighted by Crippen LogP contribution is -2.26. The summed E-state index contributed by atoms with van der Waals surface area (Å²) in [4.78, 5) is 8.61. The van der Waals surface area contributed by atoms with Gasteiger partial charge in [0.25, 0.3) is 0 Å². The fourth-order valence-electron chi connectivity index (χ4n) is 2.33. The van der Waals surface area contributed by atoms with Crippen molar-refractivity contribution in [2.24, 2.45) is 11.1 Å². The molecule has 0 fully saturated rings. The zero-order chi connectivity index (χ0) is 19.3. The summed E-state index contributed by atoms with van der Waals surface area (Å²) in [5.41, 5.74) is 0.617. The molecule has 2 aromatic rings. The third-order valence-corrected chi connectivity index (χ3v) is 5.01. The van der Waals surface area contributed by atoms with Gasteiger partial charge in [0.05, 0.1) is 22.0 Å². The summed E-state index contributed by atoms with van der Waals surface area (Å²) in [6.07, 6.45) is 2.39. The quantitative estimate of drug-likeness (QED) is 0.492. The number of sulfonamides is 1. The molecule has 0 saturated heterocycles. The van der Waals surface area contributed by atoms with Crippen molar-refractivity contribution in [2.45, 2.75) is 31.2 Å². The van der Waals surface area contributed by atoms with Crippen LogP contribution in [0, 0.1) is 5.92 Å². The number of nitrogens with two attached hydrogens (primary N) is 1. The van der Waals surface area contributed by atoms with Crippen molar-refractivity contribution in [1.29, 1.82) is 0 Å². The molecule has 8 nitrogen and oxygen atoms in total. The number of aromatic nitrogens is 2. The average Bonchev–Trinajstić information content (AvgIpc) is 2.56. The molecule has 142 valence electrons. The molecule has 0 bridgehead atoms. The Hall–Kier alpha value is -1.75. The highest BCUT2D eigenvalue weighted by molar-refractivity contribution is 9.10. The number of primary sulfonamides is 1. The number of hydrogen-bond donors (Lipinski definition) is 4. The van der Waals surface area contributed by atoms with Gasteiger partial charge in [0.15, 0.2) is 0 Å². The summed E-state index contributed by atoms with van der Waals surface area (Å²) in [7, 11) is -3.73. The zero-order valence-corrected chi connectivity index (χ0v) is 16.9. The summed E-state index contributed by atoms with van der Waals surface area (Å²) in [5, 5.41) is 20.8. The maximum absolute atomic E-state index is 11.3. The first-order valence-electron chi connectivity index (χ1n) is 7.99. The molecule has 0 aliphatic carbocycles. The van der Waals surface area contributed by atoms with Crippen LogP contribution in [0.25, 0.3) is 0 Å². The third-order valence-electron chi connectivity index (χ3n) is 3.50. The topological polar surface area (TPSA) is 130 Å². The van der Waals surface area contributed by atoms with Gasteiger partial charge < -0.3 is 15.7 Å². The Bertz CT molecular complexity index is 843. The molecule has 5 N–H and O–H groups in total. The van der Waals surface area contributed by atoms with Gasteiger partial charge in [-0.2, -0.15) is 4.98 Å². The van der Waals surface area contributed by atoms with E-state index in [9.17, 15) is 13.5 Å². The van der Waals surface area contributed by atoms with Gasteiger partial charge in [0.1, 0.15) is 5.82 Å². The van der Waals surface area contributed by atoms with Gasteiger partial charge in [0.2, 0.25) is 16.0 Å². The average molecular weight is 444 g/mol. The van der Waals surface area contributed by atoms with Gasteiger partial charge in [0, 0.05) is 11.9 Å². The lowest BCUT2D eigenvalue weighted by molar-refractivity contribution is 0.259. The molecule has 1 atom stereocenters. The predicted octanol–water partition coefficient (Wildman–Crippen LogP) is 2.45. The van der Waals surface area contributed by atoms with Crippen molar-refractivity contribution < 1.29 is 13.5 Å². The Morgan fingerprint density at radius 2 is 1.92 bits per heavy atom. The van der Waals surface area contributed by atoms with E-state index in [1.165, 1.54) is 12.1 Å². The van der Waals surface area contributed by atoms with Crippen molar-refractivity contribution in [3.05, 3.63) is 34.9 Å². The van der Waals surface area contributed by atoms with Crippen LogP contribution in [0.1, 0.15) is 20.3 Å². The minimum Gasteiger partial charge on any atom is -0.394 e. The number of aliphatic hydroxyl groups is 1. The largest absolute Gasteiger partial charge is 0.394 e. The van der Waals surface area contributed by atoms with Gasteiger partial charge in [-0.25, -0.2) is 18.5 Å². The number of halogens is 1. The summed E-state index contributed by atoms with van der Waals surface area (Å²) < 4.78 is 23.3. The Kier molecular flexibility index (Phi) is 6.93. The van der Waals surface area contributed by atoms with E-state index in [4.69, 9.17) is 5.14 Å². The van der Waals surface area contributed by atoms with Crippen LogP contribution >= 0.6 is 15.9 Å². The molecule has 0 radical (unpaired) electrons. The molecular weight excluding hydrogens is 422 g/mol. The molecule has 0 saturated carbocycles. The second-order valence-corrected chi connectivity index (χ2v) is 8.65. The molecule has 1 aromatic carbocycles. The number of aliphatic hydroxyl groups excluding tert-OH is 1. The van der Waals surface area contributed by atoms with E-state index in [1.807, 2.05) is 0 Å². The standard InChI is InChI=1S/C16H22BrN5O3S/c1-10(2)7-12(9-23)20-15-14(17)8-19-16(22-15)21-11-3-5-13(6-4-11)26(18,24)25/h3-6,8,10,12,23H,7,9H2,1-2H3,(H2,18,24,25)(H2,19,20,21,22)/t12-/m0/s1. The van der Waals surface area contributed by atoms with Crippen LogP contribution in [-0.4, -0.2) is 36.1 Å². The molecule has 0 spiro atoms. The Balaban J connectivity index is 2.16. The molecule has 1 aromatic heterocycles. The van der Waals surface area contributed by atoms with E-state index in [2.05, 4.69) is 50.4 Å². The first kappa shape index (κ1) is 20.6. The lowest BCUT2D eigenvalue weighted by atomic mass is 10.0. The van der Waals surface area contributed by atoms with Crippen molar-refractivity contribution in [2.75, 3.05) is 17.2 Å². The van der Waals surface area contributed by atoms with Crippen LogP contribution in [0.3, 0.4) is 0 Å². The number of nitrogens with zero attached hydrogens (tertiary/aromatic N) is 2. The third kappa shape index (κ3) is 5.90. The molecule has 10 heteroatoms. The highest BCUT2D eigenvalue weighted by Gasteiger charge is 2.14. The second-order valence-electron chi connectivity index (χ2n) is 6.24. The molecule has 0 unspecified atom stereocenters. The lowest BCUT2D eigenvalue weighted by Gasteiger charge is -2.20. The van der Waals surface area contributed by atoms with E-state index < -0.39 is 10.0 Å². The fourth-order valence-corrected chi connectivity index (χ4v) is 3.15. The van der Waals surface area contributed by atoms with E-state index in [0.29, 0.717) is 27.8 Å². The summed E-state index contributed by atoms with van der Waals surface area (Å²) in [6.45, 7) is 4.15. The van der Waals surface area contributed by atoms with Crippen molar-refractivity contribution in [3.63, 3.8) is 0 Å². The highest BCUT2D eigenvalue weighted by atomic mass is 79.9. The van der Waals surface area contributed by atoms with Crippen LogP contribution < -0.4 is 15.8 Å². The van der Waals surface area contributed by atoms with Crippen molar-refractivity contribution in [3.8, 4) is 0 Å². The number of rotatable bonds is 8. The Morgan fingerprint density at radius 1 is 1.27 bits per heavy atom. The molecule has 0 amide bonds. The number of benzene rings is 1. The van der Waals surface area contributed by atoms with E-state index in [-0.39, 0.29) is 17.5 Å². The summed E-state index contributed by atoms with van der Waals surface area (Å²) >= 11 is 3.39. The molecule has 1 heterocycles. The predicted molar refractivity (Wildman–Crippen MR) is 105 cm³/mol. The van der Waals surface area contributed by atoms with Crippen molar-refractivity contribution >= 4 is 43.4 Å². The Labute approximate surface area is 161 Å². The zero-order valence-electron chi connectivity index (χ0n) is 14.5. The van der Waals surface area contributed by atoms with Crippen LogP contribution in [0.5, 0.6) is 0 Å². The van der Waals surface area contributed by atoms with E-state index >= 15 is 0 Å². The number of hydrogen-bond acceptors (Lipinski definition) is 7. The SMILES string of the molecule is CC(C)C[C@@H](CO)Nc1nc(Nc2ccc(S(N)(=O)=O)cc2)ncc1Br. The Morgan fingerprint density at radius 3 is 2.46 bits per heavy atom. The molecular formula is C16H22BrN5O3S. The molecule has 26 heavy (non-hydrogen) atoms. The first-order chi connectivity index (χ1) is 12.2. The van der Waals surface area contributed by atoms with Crippen LogP contribution in [-0.2, 0) is 10.0 Å².